The molecule has 1 aromatic rings. The molecule has 1 aromatic carbocycles. The van der Waals surface area contributed by atoms with Crippen LogP contribution in [0.1, 0.15) is 35.7 Å². The molecule has 1 aliphatic carbocycles. The van der Waals surface area contributed by atoms with E-state index in [4.69, 9.17) is 16.3 Å². The Morgan fingerprint density at radius 1 is 1.48 bits per heavy atom. The van der Waals surface area contributed by atoms with Crippen LogP contribution in [0.4, 0.5) is 8.78 Å². The van der Waals surface area contributed by atoms with Crippen LogP contribution < -0.4 is 0 Å². The number of unbranched alkanes of at least 4 members (excludes halogenated alkanes) is 1. The van der Waals surface area contributed by atoms with E-state index in [-0.39, 0.29) is 23.6 Å². The third kappa shape index (κ3) is 2.55. The lowest BCUT2D eigenvalue weighted by Crippen LogP contribution is -2.45. The van der Waals surface area contributed by atoms with Gasteiger partial charge in [-0.25, -0.2) is 8.78 Å². The van der Waals surface area contributed by atoms with Gasteiger partial charge in [0.1, 0.15) is 0 Å². The molecule has 0 fully saturated rings. The Kier molecular flexibility index (Phi) is 4.61. The van der Waals surface area contributed by atoms with Gasteiger partial charge >= 0.3 is 5.97 Å². The van der Waals surface area contributed by atoms with E-state index in [0.29, 0.717) is 12.0 Å². The number of rotatable bonds is 5. The number of halogens is 3. The van der Waals surface area contributed by atoms with Crippen LogP contribution >= 0.6 is 11.6 Å². The Morgan fingerprint density at radius 3 is 2.76 bits per heavy atom. The molecule has 3 nitrogen and oxygen atoms in total. The minimum atomic E-state index is -3.14. The molecule has 0 N–H and O–H groups in total. The van der Waals surface area contributed by atoms with Gasteiger partial charge in [0.15, 0.2) is 11.2 Å². The van der Waals surface area contributed by atoms with Gasteiger partial charge in [0, 0.05) is 12.0 Å². The summed E-state index contributed by atoms with van der Waals surface area (Å²) in [5.41, 5.74) is -2.09. The molecule has 114 valence electrons. The summed E-state index contributed by atoms with van der Waals surface area (Å²) in [5, 5.41) is 0.0846. The Bertz CT molecular complexity index is 574. The molecule has 2 rings (SSSR count). The van der Waals surface area contributed by atoms with Gasteiger partial charge in [-0.3, -0.25) is 9.59 Å². The van der Waals surface area contributed by atoms with E-state index in [2.05, 4.69) is 0 Å². The van der Waals surface area contributed by atoms with Crippen molar-refractivity contribution in [3.05, 3.63) is 34.3 Å². The standard InChI is InChI=1S/C15H15ClF2O3/c1-2-3-7-21-14(20)15(13(17)18)8-9-5-4-6-10(16)11(9)12(15)19/h4-6,13H,2-3,7-8H2,1H3. The molecule has 0 radical (unpaired) electrons. The molecule has 1 aliphatic rings. The highest BCUT2D eigenvalue weighted by atomic mass is 35.5. The summed E-state index contributed by atoms with van der Waals surface area (Å²) in [6.07, 6.45) is -2.19. The van der Waals surface area contributed by atoms with Crippen LogP contribution in [0.5, 0.6) is 0 Å². The van der Waals surface area contributed by atoms with Crippen molar-refractivity contribution >= 4 is 23.4 Å². The zero-order chi connectivity index (χ0) is 15.6. The third-order valence-corrected chi connectivity index (χ3v) is 3.98. The number of carbonyl (C=O) groups is 2. The molecular formula is C15H15ClF2O3. The number of hydrogen-bond acceptors (Lipinski definition) is 3. The first kappa shape index (κ1) is 15.9. The van der Waals surface area contributed by atoms with E-state index in [1.165, 1.54) is 12.1 Å². The molecule has 0 amide bonds. The van der Waals surface area contributed by atoms with Crippen LogP contribution in [0, 0.1) is 5.41 Å². The lowest BCUT2D eigenvalue weighted by Gasteiger charge is -2.24. The number of ether oxygens (including phenoxy) is 1. The van der Waals surface area contributed by atoms with E-state index in [9.17, 15) is 18.4 Å². The monoisotopic (exact) mass is 316 g/mol. The second-order valence-electron chi connectivity index (χ2n) is 5.04. The largest absolute Gasteiger partial charge is 0.465 e. The van der Waals surface area contributed by atoms with Gasteiger partial charge < -0.3 is 4.74 Å². The van der Waals surface area contributed by atoms with Crippen LogP contribution in [0.3, 0.4) is 0 Å². The van der Waals surface area contributed by atoms with Gasteiger partial charge in [0.2, 0.25) is 0 Å². The summed E-state index contributed by atoms with van der Waals surface area (Å²) >= 11 is 5.91. The zero-order valence-electron chi connectivity index (χ0n) is 11.5. The second kappa shape index (κ2) is 6.10. The highest BCUT2D eigenvalue weighted by Gasteiger charge is 2.60. The van der Waals surface area contributed by atoms with Crippen LogP contribution in [0.25, 0.3) is 0 Å². The lowest BCUT2D eigenvalue weighted by molar-refractivity contribution is -0.160. The number of esters is 1. The molecule has 6 heteroatoms. The third-order valence-electron chi connectivity index (χ3n) is 3.67. The predicted octanol–water partition coefficient (Wildman–Crippen LogP) is 3.67. The van der Waals surface area contributed by atoms with E-state index < -0.39 is 23.6 Å². The number of Topliss-reactive ketones (excluding diaryl/α,β-unsaturated/α-hetero) is 1. The van der Waals surface area contributed by atoms with E-state index in [0.717, 1.165) is 6.42 Å². The van der Waals surface area contributed by atoms with Gasteiger partial charge in [-0.05, 0) is 18.1 Å². The number of benzene rings is 1. The number of carbonyl (C=O) groups excluding carboxylic acids is 2. The van der Waals surface area contributed by atoms with Gasteiger partial charge in [0.25, 0.3) is 6.43 Å². The summed E-state index contributed by atoms with van der Waals surface area (Å²) < 4.78 is 32.0. The Labute approximate surface area is 126 Å². The quantitative estimate of drug-likeness (QED) is 0.473. The number of fused-ring (bicyclic) bond motifs is 1. The fourth-order valence-electron chi connectivity index (χ4n) is 2.44. The van der Waals surface area contributed by atoms with Crippen molar-refractivity contribution in [3.8, 4) is 0 Å². The van der Waals surface area contributed by atoms with E-state index in [1.54, 1.807) is 6.07 Å². The van der Waals surface area contributed by atoms with Gasteiger partial charge in [-0.15, -0.1) is 0 Å². The summed E-state index contributed by atoms with van der Waals surface area (Å²) in [5.74, 6) is -2.11. The average molecular weight is 317 g/mol. The Morgan fingerprint density at radius 2 is 2.19 bits per heavy atom. The zero-order valence-corrected chi connectivity index (χ0v) is 12.3. The maximum absolute atomic E-state index is 13.5. The molecule has 0 saturated carbocycles. The van der Waals surface area contributed by atoms with Crippen LogP contribution in [0.15, 0.2) is 18.2 Å². The molecular weight excluding hydrogens is 302 g/mol. The summed E-state index contributed by atoms with van der Waals surface area (Å²) in [6, 6.07) is 4.54. The predicted molar refractivity (Wildman–Crippen MR) is 73.8 cm³/mol. The number of hydrogen-bond donors (Lipinski definition) is 0. The van der Waals surface area contributed by atoms with Crippen LogP contribution in [-0.4, -0.2) is 24.8 Å². The van der Waals surface area contributed by atoms with E-state index in [1.807, 2.05) is 6.92 Å². The SMILES string of the molecule is CCCCOC(=O)C1(C(F)F)Cc2cccc(Cl)c2C1=O. The normalized spacial score (nSPS) is 20.7. The van der Waals surface area contributed by atoms with Gasteiger partial charge in [-0.2, -0.15) is 0 Å². The minimum absolute atomic E-state index is 0.00640. The van der Waals surface area contributed by atoms with Crippen molar-refractivity contribution in [1.82, 2.24) is 0 Å². The van der Waals surface area contributed by atoms with Crippen molar-refractivity contribution in [1.29, 1.82) is 0 Å². The first-order valence-electron chi connectivity index (χ1n) is 6.72. The molecule has 0 saturated heterocycles. The van der Waals surface area contributed by atoms with Crippen molar-refractivity contribution in [2.75, 3.05) is 6.61 Å². The van der Waals surface area contributed by atoms with Gasteiger partial charge in [0.05, 0.1) is 11.6 Å². The molecule has 0 heterocycles. The van der Waals surface area contributed by atoms with Crippen molar-refractivity contribution in [2.45, 2.75) is 32.6 Å². The molecule has 1 unspecified atom stereocenters. The summed E-state index contributed by atoms with van der Waals surface area (Å²) in [6.45, 7) is 1.91. The summed E-state index contributed by atoms with van der Waals surface area (Å²) in [7, 11) is 0. The molecule has 21 heavy (non-hydrogen) atoms. The van der Waals surface area contributed by atoms with Crippen molar-refractivity contribution in [2.24, 2.45) is 5.41 Å². The molecule has 0 aromatic heterocycles. The molecule has 0 aliphatic heterocycles. The number of alkyl halides is 2. The Hall–Kier alpha value is -1.49. The lowest BCUT2D eigenvalue weighted by atomic mass is 9.84. The smallest absolute Gasteiger partial charge is 0.326 e. The van der Waals surface area contributed by atoms with Crippen LogP contribution in [0.2, 0.25) is 5.02 Å². The highest BCUT2D eigenvalue weighted by molar-refractivity contribution is 6.35. The first-order chi connectivity index (χ1) is 9.95. The van der Waals surface area contributed by atoms with Crippen molar-refractivity contribution < 1.29 is 23.1 Å². The topological polar surface area (TPSA) is 43.4 Å². The molecule has 1 atom stereocenters. The fraction of sp³-hybridized carbons (Fsp3) is 0.467. The molecule has 0 bridgehead atoms. The maximum Gasteiger partial charge on any atom is 0.326 e. The van der Waals surface area contributed by atoms with E-state index >= 15 is 0 Å². The average Bonchev–Trinajstić information content (AvgIpc) is 2.74. The Balaban J connectivity index is 2.36. The minimum Gasteiger partial charge on any atom is -0.465 e. The highest BCUT2D eigenvalue weighted by Crippen LogP contribution is 2.44. The first-order valence-corrected chi connectivity index (χ1v) is 7.10. The maximum atomic E-state index is 13.5. The molecule has 0 spiro atoms. The van der Waals surface area contributed by atoms with Crippen LogP contribution in [-0.2, 0) is 16.0 Å². The van der Waals surface area contributed by atoms with Crippen molar-refractivity contribution in [3.63, 3.8) is 0 Å². The van der Waals surface area contributed by atoms with Gasteiger partial charge in [-0.1, -0.05) is 37.1 Å². The second-order valence-corrected chi connectivity index (χ2v) is 5.45. The number of ketones is 1. The summed E-state index contributed by atoms with van der Waals surface area (Å²) in [4.78, 5) is 24.5. The fourth-order valence-corrected chi connectivity index (χ4v) is 2.72.